The van der Waals surface area contributed by atoms with Gasteiger partial charge < -0.3 is 21.5 Å². The van der Waals surface area contributed by atoms with Crippen LogP contribution in [0.4, 0.5) is 4.79 Å². The second kappa shape index (κ2) is 12.8. The minimum atomic E-state index is -0.979. The highest BCUT2D eigenvalue weighted by Gasteiger charge is 2.32. The van der Waals surface area contributed by atoms with Gasteiger partial charge in [-0.1, -0.05) is 19.8 Å². The molecule has 1 rings (SSSR count). The standard InChI is InChI=1S/C17H29Cl2N5O4/c1-2-4-13(20)15(26)22-7-8-28-17(27)24-16(21)23-14(25)9-10-11(18)5-3-6-12(10)19/h10-13H,2-9,20H2,1H3,(H,22,26)(H3,21,23,24,25,27). The fraction of sp³-hybridized carbons (Fsp3) is 0.765. The van der Waals surface area contributed by atoms with E-state index in [4.69, 9.17) is 39.4 Å². The summed E-state index contributed by atoms with van der Waals surface area (Å²) in [5, 5.41) is 4.52. The maximum absolute atomic E-state index is 12.0. The number of hydrogen-bond donors (Lipinski definition) is 4. The van der Waals surface area contributed by atoms with E-state index in [0.29, 0.717) is 6.42 Å². The number of amides is 3. The summed E-state index contributed by atoms with van der Waals surface area (Å²) in [6, 6.07) is -0.589. The summed E-state index contributed by atoms with van der Waals surface area (Å²) in [4.78, 5) is 38.7. The summed E-state index contributed by atoms with van der Waals surface area (Å²) in [5.74, 6) is -1.28. The monoisotopic (exact) mass is 437 g/mol. The van der Waals surface area contributed by atoms with Crippen LogP contribution in [0.5, 0.6) is 0 Å². The zero-order chi connectivity index (χ0) is 21.1. The minimum Gasteiger partial charge on any atom is -0.446 e. The van der Waals surface area contributed by atoms with Crippen molar-refractivity contribution in [3.63, 3.8) is 0 Å². The predicted molar refractivity (Wildman–Crippen MR) is 108 cm³/mol. The van der Waals surface area contributed by atoms with Crippen molar-refractivity contribution in [2.24, 2.45) is 22.4 Å². The maximum Gasteiger partial charge on any atom is 0.436 e. The Morgan fingerprint density at radius 3 is 2.50 bits per heavy atom. The van der Waals surface area contributed by atoms with Crippen LogP contribution in [0.15, 0.2) is 4.99 Å². The van der Waals surface area contributed by atoms with Crippen molar-refractivity contribution in [3.8, 4) is 0 Å². The van der Waals surface area contributed by atoms with Gasteiger partial charge in [0.2, 0.25) is 17.8 Å². The van der Waals surface area contributed by atoms with E-state index in [0.717, 1.165) is 25.7 Å². The molecular weight excluding hydrogens is 409 g/mol. The van der Waals surface area contributed by atoms with Gasteiger partial charge in [-0.3, -0.25) is 14.9 Å². The molecule has 0 aromatic carbocycles. The van der Waals surface area contributed by atoms with E-state index < -0.39 is 18.0 Å². The number of guanidine groups is 1. The average Bonchev–Trinajstić information content (AvgIpc) is 2.61. The van der Waals surface area contributed by atoms with Crippen molar-refractivity contribution >= 4 is 47.1 Å². The molecule has 9 nitrogen and oxygen atoms in total. The van der Waals surface area contributed by atoms with E-state index in [9.17, 15) is 14.4 Å². The number of nitrogens with zero attached hydrogens (tertiary/aromatic N) is 1. The van der Waals surface area contributed by atoms with Gasteiger partial charge in [-0.15, -0.1) is 28.2 Å². The lowest BCUT2D eigenvalue weighted by Gasteiger charge is -2.30. The molecule has 0 bridgehead atoms. The van der Waals surface area contributed by atoms with Crippen molar-refractivity contribution < 1.29 is 19.1 Å². The molecule has 1 saturated carbocycles. The first kappa shape index (κ1) is 24.5. The molecule has 0 aromatic rings. The van der Waals surface area contributed by atoms with Crippen LogP contribution in [-0.2, 0) is 14.3 Å². The van der Waals surface area contributed by atoms with Crippen LogP contribution < -0.4 is 22.1 Å². The number of halogens is 2. The number of hydrogen-bond acceptors (Lipinski definition) is 5. The molecule has 0 saturated heterocycles. The lowest BCUT2D eigenvalue weighted by molar-refractivity contribution is -0.123. The van der Waals surface area contributed by atoms with Crippen LogP contribution in [0.3, 0.4) is 0 Å². The van der Waals surface area contributed by atoms with Crippen molar-refractivity contribution in [1.82, 2.24) is 10.6 Å². The molecule has 28 heavy (non-hydrogen) atoms. The Morgan fingerprint density at radius 1 is 1.25 bits per heavy atom. The highest BCUT2D eigenvalue weighted by molar-refractivity contribution is 6.24. The summed E-state index contributed by atoms with van der Waals surface area (Å²) >= 11 is 12.5. The summed E-state index contributed by atoms with van der Waals surface area (Å²) in [6.07, 6.45) is 3.02. The molecule has 1 aliphatic rings. The topological polar surface area (TPSA) is 149 Å². The van der Waals surface area contributed by atoms with Gasteiger partial charge in [-0.25, -0.2) is 4.79 Å². The van der Waals surface area contributed by atoms with Gasteiger partial charge in [0.25, 0.3) is 0 Å². The summed E-state index contributed by atoms with van der Waals surface area (Å²) in [7, 11) is 0. The van der Waals surface area contributed by atoms with Crippen LogP contribution in [0.2, 0.25) is 0 Å². The number of ether oxygens (including phenoxy) is 1. The molecule has 0 heterocycles. The third kappa shape index (κ3) is 9.07. The van der Waals surface area contributed by atoms with Crippen molar-refractivity contribution in [2.45, 2.75) is 62.2 Å². The Kier molecular flexibility index (Phi) is 11.2. The number of carbonyl (C=O) groups is 3. The highest BCUT2D eigenvalue weighted by atomic mass is 35.5. The second-order valence-electron chi connectivity index (χ2n) is 6.68. The third-order valence-corrected chi connectivity index (χ3v) is 5.44. The molecule has 0 radical (unpaired) electrons. The van der Waals surface area contributed by atoms with Crippen LogP contribution in [0.1, 0.15) is 45.4 Å². The number of rotatable bonds is 8. The smallest absolute Gasteiger partial charge is 0.436 e. The fourth-order valence-electron chi connectivity index (χ4n) is 2.87. The Labute approximate surface area is 174 Å². The van der Waals surface area contributed by atoms with Crippen LogP contribution in [-0.4, -0.2) is 53.8 Å². The largest absolute Gasteiger partial charge is 0.446 e. The van der Waals surface area contributed by atoms with E-state index in [1.807, 2.05) is 6.92 Å². The fourth-order valence-corrected chi connectivity index (χ4v) is 3.78. The SMILES string of the molecule is CCCC(N)C(=O)NCCOC(=O)N=C(N)NC(=O)CC1C(Cl)CCCC1Cl. The molecule has 11 heteroatoms. The predicted octanol–water partition coefficient (Wildman–Crippen LogP) is 1.20. The molecule has 6 N–H and O–H groups in total. The number of alkyl halides is 2. The van der Waals surface area contributed by atoms with Gasteiger partial charge in [0.05, 0.1) is 12.6 Å². The van der Waals surface area contributed by atoms with E-state index in [2.05, 4.69) is 15.6 Å². The van der Waals surface area contributed by atoms with Gasteiger partial charge in [0, 0.05) is 23.1 Å². The normalized spacial score (nSPS) is 23.6. The first-order valence-electron chi connectivity index (χ1n) is 9.36. The van der Waals surface area contributed by atoms with Gasteiger partial charge in [0.1, 0.15) is 6.61 Å². The minimum absolute atomic E-state index is 0.0949. The van der Waals surface area contributed by atoms with Gasteiger partial charge >= 0.3 is 6.09 Å². The quantitative estimate of drug-likeness (QED) is 0.194. The highest BCUT2D eigenvalue weighted by Crippen LogP contribution is 2.34. The Hall–Kier alpha value is -1.58. The molecule has 3 atom stereocenters. The number of aliphatic imine (C=N–C) groups is 1. The Balaban J connectivity index is 2.31. The van der Waals surface area contributed by atoms with E-state index in [-0.39, 0.29) is 48.1 Å². The lowest BCUT2D eigenvalue weighted by atomic mass is 9.86. The lowest BCUT2D eigenvalue weighted by Crippen LogP contribution is -2.42. The van der Waals surface area contributed by atoms with Crippen LogP contribution >= 0.6 is 23.2 Å². The molecule has 3 unspecified atom stereocenters. The van der Waals surface area contributed by atoms with Gasteiger partial charge in [-0.2, -0.15) is 0 Å². The molecule has 0 aliphatic heterocycles. The molecular formula is C17H29Cl2N5O4. The second-order valence-corrected chi connectivity index (χ2v) is 7.80. The zero-order valence-electron chi connectivity index (χ0n) is 16.0. The van der Waals surface area contributed by atoms with Crippen molar-refractivity contribution in [3.05, 3.63) is 0 Å². The Bertz CT molecular complexity index is 566. The maximum atomic E-state index is 12.0. The number of nitrogens with two attached hydrogens (primary N) is 2. The van der Waals surface area contributed by atoms with E-state index in [1.54, 1.807) is 0 Å². The van der Waals surface area contributed by atoms with Gasteiger partial charge in [-0.05, 0) is 19.3 Å². The third-order valence-electron chi connectivity index (χ3n) is 4.35. The summed E-state index contributed by atoms with van der Waals surface area (Å²) < 4.78 is 4.81. The average molecular weight is 438 g/mol. The number of carbonyl (C=O) groups excluding carboxylic acids is 3. The van der Waals surface area contributed by atoms with E-state index >= 15 is 0 Å². The molecule has 0 aromatic heterocycles. The number of nitrogens with one attached hydrogen (secondary N) is 2. The Morgan fingerprint density at radius 2 is 1.89 bits per heavy atom. The van der Waals surface area contributed by atoms with Crippen LogP contribution in [0, 0.1) is 5.92 Å². The summed E-state index contributed by atoms with van der Waals surface area (Å²) in [5.41, 5.74) is 11.2. The van der Waals surface area contributed by atoms with E-state index in [1.165, 1.54) is 0 Å². The van der Waals surface area contributed by atoms with Crippen molar-refractivity contribution in [2.75, 3.05) is 13.2 Å². The molecule has 3 amide bonds. The summed E-state index contributed by atoms with van der Waals surface area (Å²) in [6.45, 7) is 1.92. The van der Waals surface area contributed by atoms with Crippen LogP contribution in [0.25, 0.3) is 0 Å². The van der Waals surface area contributed by atoms with Gasteiger partial charge in [0.15, 0.2) is 0 Å². The molecule has 0 spiro atoms. The first-order valence-corrected chi connectivity index (χ1v) is 10.2. The molecule has 1 aliphatic carbocycles. The van der Waals surface area contributed by atoms with Crippen molar-refractivity contribution in [1.29, 1.82) is 0 Å². The molecule has 1 fully saturated rings. The molecule has 160 valence electrons. The first-order chi connectivity index (χ1) is 13.2. The zero-order valence-corrected chi connectivity index (χ0v) is 17.5.